The number of aliphatic hydroxyl groups is 1. The van der Waals surface area contributed by atoms with E-state index in [2.05, 4.69) is 10.6 Å². The lowest BCUT2D eigenvalue weighted by molar-refractivity contribution is -0.142. The number of rotatable bonds is 8. The molecule has 0 bridgehead atoms. The zero-order chi connectivity index (χ0) is 22.5. The number of methoxy groups -OCH3 is 1. The molecule has 2 saturated heterocycles. The zero-order valence-electron chi connectivity index (χ0n) is 18.4. The van der Waals surface area contributed by atoms with Gasteiger partial charge in [0.15, 0.2) is 0 Å². The molecule has 4 atom stereocenters. The second kappa shape index (κ2) is 10.6. The van der Waals surface area contributed by atoms with Crippen LogP contribution in [0.3, 0.4) is 0 Å². The zero-order valence-corrected chi connectivity index (χ0v) is 18.4. The van der Waals surface area contributed by atoms with E-state index >= 15 is 0 Å². The van der Waals surface area contributed by atoms with E-state index in [4.69, 9.17) is 18.9 Å². The second-order valence-electron chi connectivity index (χ2n) is 8.58. The van der Waals surface area contributed by atoms with Crippen molar-refractivity contribution < 1.29 is 33.6 Å². The highest BCUT2D eigenvalue weighted by atomic mass is 16.6. The van der Waals surface area contributed by atoms with Gasteiger partial charge in [0.1, 0.15) is 18.0 Å². The fraction of sp³-hybridized carbons (Fsp3) is 0.652. The molecule has 3 aliphatic heterocycles. The van der Waals surface area contributed by atoms with Crippen molar-refractivity contribution in [1.82, 2.24) is 5.32 Å². The van der Waals surface area contributed by atoms with Crippen LogP contribution in [-0.4, -0.2) is 75.3 Å². The van der Waals surface area contributed by atoms with Crippen LogP contribution in [0.15, 0.2) is 18.2 Å². The molecule has 32 heavy (non-hydrogen) atoms. The van der Waals surface area contributed by atoms with Crippen LogP contribution >= 0.6 is 0 Å². The summed E-state index contributed by atoms with van der Waals surface area (Å²) < 4.78 is 22.4. The van der Waals surface area contributed by atoms with Crippen LogP contribution in [0.5, 0.6) is 5.75 Å². The molecule has 3 N–H and O–H groups in total. The van der Waals surface area contributed by atoms with Gasteiger partial charge in [-0.05, 0) is 37.5 Å². The number of nitrogens with one attached hydrogen (secondary N) is 2. The molecule has 9 heteroatoms. The fourth-order valence-corrected chi connectivity index (χ4v) is 4.74. The number of anilines is 1. The van der Waals surface area contributed by atoms with E-state index in [1.807, 2.05) is 18.2 Å². The van der Waals surface area contributed by atoms with E-state index in [1.165, 1.54) is 0 Å². The summed E-state index contributed by atoms with van der Waals surface area (Å²) in [6.45, 7) is 1.93. The molecule has 4 rings (SSSR count). The molecule has 2 fully saturated rings. The predicted octanol–water partition coefficient (Wildman–Crippen LogP) is 1.20. The molecule has 3 heterocycles. The minimum absolute atomic E-state index is 0.00883. The van der Waals surface area contributed by atoms with Gasteiger partial charge in [-0.25, -0.2) is 0 Å². The van der Waals surface area contributed by atoms with Gasteiger partial charge in [-0.1, -0.05) is 0 Å². The smallest absolute Gasteiger partial charge is 0.227 e. The number of fused-ring (bicyclic) bond motifs is 3. The number of carbonyl (C=O) groups is 2. The van der Waals surface area contributed by atoms with E-state index in [0.29, 0.717) is 32.8 Å². The fourth-order valence-electron chi connectivity index (χ4n) is 4.74. The monoisotopic (exact) mass is 448 g/mol. The molecule has 0 radical (unpaired) electrons. The van der Waals surface area contributed by atoms with Crippen LogP contribution in [0.1, 0.15) is 37.2 Å². The first-order chi connectivity index (χ1) is 15.6. The number of carbonyl (C=O) groups excluding carboxylic acids is 2. The van der Waals surface area contributed by atoms with Crippen molar-refractivity contribution in [1.29, 1.82) is 0 Å². The molecule has 0 saturated carbocycles. The highest BCUT2D eigenvalue weighted by Crippen LogP contribution is 2.47. The Labute approximate surface area is 187 Å². The molecule has 9 nitrogen and oxygen atoms in total. The topological polar surface area (TPSA) is 115 Å². The summed E-state index contributed by atoms with van der Waals surface area (Å²) >= 11 is 0. The quantitative estimate of drug-likeness (QED) is 0.512. The molecule has 2 amide bonds. The van der Waals surface area contributed by atoms with Gasteiger partial charge in [0.05, 0.1) is 25.7 Å². The van der Waals surface area contributed by atoms with Gasteiger partial charge in [0.25, 0.3) is 0 Å². The minimum Gasteiger partial charge on any atom is -0.487 e. The van der Waals surface area contributed by atoms with Gasteiger partial charge in [-0.3, -0.25) is 9.59 Å². The molecule has 0 unspecified atom stereocenters. The summed E-state index contributed by atoms with van der Waals surface area (Å²) in [5.74, 6) is 0.570. The predicted molar refractivity (Wildman–Crippen MR) is 116 cm³/mol. The molecule has 1 aromatic rings. The number of amides is 2. The Kier molecular flexibility index (Phi) is 7.62. The number of ether oxygens (including phenoxy) is 4. The van der Waals surface area contributed by atoms with Crippen molar-refractivity contribution in [2.45, 2.75) is 49.9 Å². The van der Waals surface area contributed by atoms with E-state index in [-0.39, 0.29) is 48.9 Å². The number of benzene rings is 1. The Balaban J connectivity index is 1.43. The van der Waals surface area contributed by atoms with Crippen molar-refractivity contribution in [2.24, 2.45) is 5.92 Å². The summed E-state index contributed by atoms with van der Waals surface area (Å²) in [6.07, 6.45) is 1.11. The largest absolute Gasteiger partial charge is 0.487 e. The van der Waals surface area contributed by atoms with Crippen molar-refractivity contribution in [2.75, 3.05) is 45.4 Å². The van der Waals surface area contributed by atoms with Crippen LogP contribution < -0.4 is 15.4 Å². The van der Waals surface area contributed by atoms with E-state index in [0.717, 1.165) is 29.8 Å². The summed E-state index contributed by atoms with van der Waals surface area (Å²) in [5, 5.41) is 15.7. The Hall–Kier alpha value is -2.20. The first kappa shape index (κ1) is 23.0. The van der Waals surface area contributed by atoms with Crippen molar-refractivity contribution in [3.8, 4) is 5.75 Å². The average Bonchev–Trinajstić information content (AvgIpc) is 3.17. The number of aliphatic hydroxyl groups excluding tert-OH is 1. The first-order valence-corrected chi connectivity index (χ1v) is 11.3. The van der Waals surface area contributed by atoms with Crippen LogP contribution in [0, 0.1) is 5.92 Å². The normalized spacial score (nSPS) is 27.2. The maximum absolute atomic E-state index is 12.6. The molecule has 0 aromatic heterocycles. The summed E-state index contributed by atoms with van der Waals surface area (Å²) in [7, 11) is 1.58. The lowest BCUT2D eigenvalue weighted by atomic mass is 9.84. The summed E-state index contributed by atoms with van der Waals surface area (Å²) in [5.41, 5.74) is 1.71. The molecule has 176 valence electrons. The van der Waals surface area contributed by atoms with Crippen molar-refractivity contribution in [3.63, 3.8) is 0 Å². The van der Waals surface area contributed by atoms with E-state index in [9.17, 15) is 14.7 Å². The highest BCUT2D eigenvalue weighted by molar-refractivity contribution is 5.92. The third-order valence-electron chi connectivity index (χ3n) is 6.40. The summed E-state index contributed by atoms with van der Waals surface area (Å²) in [6, 6.07) is 5.64. The van der Waals surface area contributed by atoms with Gasteiger partial charge in [-0.15, -0.1) is 0 Å². The standard InChI is InChI=1S/C23H32N2O7/c1-29-9-6-24-21(27)12-16-11-18-17-10-15(25-23(28)14-4-7-30-8-5-14)2-3-19(17)32-22(18)20(13-26)31-16/h2-3,10,14,16,18,20,22,26H,4-9,11-13H2,1H3,(H,24,27)(H,25,28)/t16-,18-,20-,22+/m1/s1. The molecule has 0 spiro atoms. The lowest BCUT2D eigenvalue weighted by Crippen LogP contribution is -2.47. The van der Waals surface area contributed by atoms with E-state index in [1.54, 1.807) is 7.11 Å². The second-order valence-corrected chi connectivity index (χ2v) is 8.58. The van der Waals surface area contributed by atoms with Crippen LogP contribution in [-0.2, 0) is 23.8 Å². The lowest BCUT2D eigenvalue weighted by Gasteiger charge is -2.37. The van der Waals surface area contributed by atoms with Crippen LogP contribution in [0.2, 0.25) is 0 Å². The van der Waals surface area contributed by atoms with Crippen LogP contribution in [0.25, 0.3) is 0 Å². The molecule has 0 aliphatic carbocycles. The Morgan fingerprint density at radius 1 is 1.25 bits per heavy atom. The van der Waals surface area contributed by atoms with E-state index < -0.39 is 6.10 Å². The Morgan fingerprint density at radius 3 is 2.81 bits per heavy atom. The van der Waals surface area contributed by atoms with Crippen LogP contribution in [0.4, 0.5) is 5.69 Å². The van der Waals surface area contributed by atoms with Gasteiger partial charge in [-0.2, -0.15) is 0 Å². The Bertz CT molecular complexity index is 812. The van der Waals surface area contributed by atoms with Gasteiger partial charge >= 0.3 is 0 Å². The van der Waals surface area contributed by atoms with Gasteiger partial charge in [0.2, 0.25) is 11.8 Å². The molecular weight excluding hydrogens is 416 g/mol. The maximum Gasteiger partial charge on any atom is 0.227 e. The molecular formula is C23H32N2O7. The Morgan fingerprint density at radius 2 is 2.06 bits per heavy atom. The third kappa shape index (κ3) is 5.23. The minimum atomic E-state index is -0.516. The first-order valence-electron chi connectivity index (χ1n) is 11.3. The van der Waals surface area contributed by atoms with Gasteiger partial charge in [0, 0.05) is 50.0 Å². The molecule has 1 aromatic carbocycles. The third-order valence-corrected chi connectivity index (χ3v) is 6.40. The summed E-state index contributed by atoms with van der Waals surface area (Å²) in [4.78, 5) is 24.9. The highest BCUT2D eigenvalue weighted by Gasteiger charge is 2.46. The molecule has 3 aliphatic rings. The average molecular weight is 449 g/mol. The van der Waals surface area contributed by atoms with Gasteiger partial charge < -0.3 is 34.7 Å². The maximum atomic E-state index is 12.6. The SMILES string of the molecule is COCCNC(=O)C[C@H]1C[C@@H]2c3cc(NC(=O)C4CCOCC4)ccc3O[C@@H]2[C@@H](CO)O1. The number of hydrogen-bond acceptors (Lipinski definition) is 7. The number of hydrogen-bond donors (Lipinski definition) is 3. The van der Waals surface area contributed by atoms with Crippen molar-refractivity contribution in [3.05, 3.63) is 23.8 Å². The van der Waals surface area contributed by atoms with Crippen molar-refractivity contribution >= 4 is 17.5 Å².